The maximum absolute atomic E-state index is 5.05. The number of aromatic nitrogens is 1. The molecule has 20 heavy (non-hydrogen) atoms. The Hall–Kier alpha value is -2.14. The van der Waals surface area contributed by atoms with Crippen molar-refractivity contribution in [2.45, 2.75) is 13.8 Å². The number of nitrogens with one attached hydrogen (secondary N) is 2. The molecule has 0 aliphatic heterocycles. The molecule has 4 nitrogen and oxygen atoms in total. The first-order valence-electron chi connectivity index (χ1n) is 6.52. The molecule has 0 saturated carbocycles. The number of thiocarbonyl (C=S) groups is 1. The molecule has 0 amide bonds. The first kappa shape index (κ1) is 14.3. The Kier molecular flexibility index (Phi) is 4.90. The molecule has 104 valence electrons. The fraction of sp³-hybridized carbons (Fsp3) is 0.200. The molecular formula is C15H18N4S. The Morgan fingerprint density at radius 2 is 2.10 bits per heavy atom. The summed E-state index contributed by atoms with van der Waals surface area (Å²) < 4.78 is 2.09. The van der Waals surface area contributed by atoms with Gasteiger partial charge in [0.15, 0.2) is 5.11 Å². The van der Waals surface area contributed by atoms with Crippen LogP contribution in [0, 0.1) is 6.92 Å². The van der Waals surface area contributed by atoms with Crippen LogP contribution in [0.25, 0.3) is 5.69 Å². The summed E-state index contributed by atoms with van der Waals surface area (Å²) in [7, 11) is 0. The highest BCUT2D eigenvalue weighted by Crippen LogP contribution is 2.15. The molecule has 2 aromatic rings. The summed E-state index contributed by atoms with van der Waals surface area (Å²) in [5, 5.41) is 7.66. The molecule has 0 fully saturated rings. The van der Waals surface area contributed by atoms with Crippen molar-refractivity contribution in [2.24, 2.45) is 5.10 Å². The van der Waals surface area contributed by atoms with E-state index in [2.05, 4.69) is 39.5 Å². The van der Waals surface area contributed by atoms with Gasteiger partial charge < -0.3 is 9.88 Å². The van der Waals surface area contributed by atoms with E-state index in [1.165, 1.54) is 5.56 Å². The van der Waals surface area contributed by atoms with Gasteiger partial charge in [0.25, 0.3) is 0 Å². The van der Waals surface area contributed by atoms with Gasteiger partial charge in [0, 0.05) is 18.4 Å². The second kappa shape index (κ2) is 6.86. The summed E-state index contributed by atoms with van der Waals surface area (Å²) in [4.78, 5) is 0. The van der Waals surface area contributed by atoms with Crippen molar-refractivity contribution in [1.82, 2.24) is 15.3 Å². The molecule has 2 rings (SSSR count). The van der Waals surface area contributed by atoms with E-state index < -0.39 is 0 Å². The van der Waals surface area contributed by atoms with Crippen molar-refractivity contribution in [1.29, 1.82) is 0 Å². The number of benzene rings is 1. The van der Waals surface area contributed by atoms with Gasteiger partial charge >= 0.3 is 0 Å². The monoisotopic (exact) mass is 286 g/mol. The fourth-order valence-electron chi connectivity index (χ4n) is 1.91. The summed E-state index contributed by atoms with van der Waals surface area (Å²) in [5.74, 6) is 0. The van der Waals surface area contributed by atoms with Crippen LogP contribution in [-0.2, 0) is 0 Å². The van der Waals surface area contributed by atoms with Crippen molar-refractivity contribution in [3.8, 4) is 5.69 Å². The molecule has 2 N–H and O–H groups in total. The molecular weight excluding hydrogens is 268 g/mol. The van der Waals surface area contributed by atoms with E-state index >= 15 is 0 Å². The van der Waals surface area contributed by atoms with Crippen molar-refractivity contribution in [3.63, 3.8) is 0 Å². The molecule has 1 aromatic heterocycles. The molecule has 0 unspecified atom stereocenters. The highest BCUT2D eigenvalue weighted by molar-refractivity contribution is 7.80. The van der Waals surface area contributed by atoms with Gasteiger partial charge in [-0.2, -0.15) is 5.10 Å². The van der Waals surface area contributed by atoms with Crippen LogP contribution < -0.4 is 10.7 Å². The molecule has 5 heteroatoms. The average molecular weight is 286 g/mol. The van der Waals surface area contributed by atoms with Crippen LogP contribution >= 0.6 is 12.2 Å². The second-order valence-corrected chi connectivity index (χ2v) is 4.73. The second-order valence-electron chi connectivity index (χ2n) is 4.32. The SMILES string of the molecule is CCNC(=S)N/N=C\c1cccn1-c1ccccc1C. The molecule has 0 bridgehead atoms. The highest BCUT2D eigenvalue weighted by atomic mass is 32.1. The van der Waals surface area contributed by atoms with Gasteiger partial charge in [0.1, 0.15) is 0 Å². The van der Waals surface area contributed by atoms with Gasteiger partial charge in [0.05, 0.1) is 11.9 Å². The lowest BCUT2D eigenvalue weighted by atomic mass is 10.2. The lowest BCUT2D eigenvalue weighted by Crippen LogP contribution is -2.31. The van der Waals surface area contributed by atoms with Crippen LogP contribution in [0.15, 0.2) is 47.7 Å². The van der Waals surface area contributed by atoms with Gasteiger partial charge in [-0.1, -0.05) is 18.2 Å². The topological polar surface area (TPSA) is 41.4 Å². The quantitative estimate of drug-likeness (QED) is 0.516. The lowest BCUT2D eigenvalue weighted by Gasteiger charge is -2.09. The summed E-state index contributed by atoms with van der Waals surface area (Å²) in [5.41, 5.74) is 6.15. The zero-order valence-corrected chi connectivity index (χ0v) is 12.4. The van der Waals surface area contributed by atoms with Crippen molar-refractivity contribution in [2.75, 3.05) is 6.54 Å². The maximum Gasteiger partial charge on any atom is 0.186 e. The number of para-hydroxylation sites is 1. The summed E-state index contributed by atoms with van der Waals surface area (Å²) >= 11 is 5.05. The Bertz CT molecular complexity index is 616. The Morgan fingerprint density at radius 1 is 1.30 bits per heavy atom. The summed E-state index contributed by atoms with van der Waals surface area (Å²) in [6.45, 7) is 4.86. The highest BCUT2D eigenvalue weighted by Gasteiger charge is 2.03. The van der Waals surface area contributed by atoms with Gasteiger partial charge in [-0.25, -0.2) is 0 Å². The number of nitrogens with zero attached hydrogens (tertiary/aromatic N) is 2. The van der Waals surface area contributed by atoms with Crippen molar-refractivity contribution < 1.29 is 0 Å². The maximum atomic E-state index is 5.05. The van der Waals surface area contributed by atoms with Gasteiger partial charge in [-0.3, -0.25) is 5.43 Å². The Morgan fingerprint density at radius 3 is 2.85 bits per heavy atom. The smallest absolute Gasteiger partial charge is 0.186 e. The number of hydrogen-bond acceptors (Lipinski definition) is 2. The predicted octanol–water partition coefficient (Wildman–Crippen LogP) is 2.60. The molecule has 0 radical (unpaired) electrons. The third-order valence-electron chi connectivity index (χ3n) is 2.86. The van der Waals surface area contributed by atoms with Gasteiger partial charge in [0.2, 0.25) is 0 Å². The molecule has 0 aliphatic rings. The van der Waals surface area contributed by atoms with Crippen LogP contribution in [0.4, 0.5) is 0 Å². The van der Waals surface area contributed by atoms with Crippen molar-refractivity contribution in [3.05, 3.63) is 53.9 Å². The van der Waals surface area contributed by atoms with Crippen molar-refractivity contribution >= 4 is 23.5 Å². The third-order valence-corrected chi connectivity index (χ3v) is 3.09. The first-order valence-corrected chi connectivity index (χ1v) is 6.93. The standard InChI is InChI=1S/C15H18N4S/c1-3-16-15(20)18-17-11-13-8-6-10-19(13)14-9-5-4-7-12(14)2/h4-11H,3H2,1-2H3,(H2,16,18,20)/b17-11-. The number of aryl methyl sites for hydroxylation is 1. The van der Waals surface area contributed by atoms with Crippen LogP contribution in [0.2, 0.25) is 0 Å². The van der Waals surface area contributed by atoms with Gasteiger partial charge in [-0.05, 0) is 49.8 Å². The van der Waals surface area contributed by atoms with E-state index in [1.54, 1.807) is 6.21 Å². The minimum absolute atomic E-state index is 0.526. The third kappa shape index (κ3) is 3.45. The van der Waals surface area contributed by atoms with Crippen LogP contribution in [0.5, 0.6) is 0 Å². The molecule has 0 spiro atoms. The molecule has 0 atom stereocenters. The van der Waals surface area contributed by atoms with E-state index in [0.717, 1.165) is 17.9 Å². The van der Waals surface area contributed by atoms with Gasteiger partial charge in [-0.15, -0.1) is 0 Å². The Labute approximate surface area is 124 Å². The summed E-state index contributed by atoms with van der Waals surface area (Å²) in [6, 6.07) is 12.2. The normalized spacial score (nSPS) is 10.7. The molecule has 0 aliphatic carbocycles. The van der Waals surface area contributed by atoms with Crippen LogP contribution in [-0.4, -0.2) is 22.4 Å². The van der Waals surface area contributed by atoms with E-state index in [9.17, 15) is 0 Å². The van der Waals surface area contributed by atoms with Crippen LogP contribution in [0.1, 0.15) is 18.2 Å². The number of rotatable bonds is 4. The lowest BCUT2D eigenvalue weighted by molar-refractivity contribution is 0.902. The minimum Gasteiger partial charge on any atom is -0.362 e. The molecule has 1 heterocycles. The predicted molar refractivity (Wildman–Crippen MR) is 87.5 cm³/mol. The summed E-state index contributed by atoms with van der Waals surface area (Å²) in [6.07, 6.45) is 3.78. The zero-order valence-electron chi connectivity index (χ0n) is 11.6. The number of hydrogen-bond donors (Lipinski definition) is 2. The van der Waals surface area contributed by atoms with Crippen LogP contribution in [0.3, 0.4) is 0 Å². The first-order chi connectivity index (χ1) is 9.72. The van der Waals surface area contributed by atoms with E-state index in [4.69, 9.17) is 12.2 Å². The number of hydrazone groups is 1. The Balaban J connectivity index is 2.16. The fourth-order valence-corrected chi connectivity index (χ4v) is 2.11. The van der Waals surface area contributed by atoms with E-state index in [1.807, 2.05) is 37.4 Å². The van der Waals surface area contributed by atoms with E-state index in [-0.39, 0.29) is 0 Å². The zero-order chi connectivity index (χ0) is 14.4. The largest absolute Gasteiger partial charge is 0.362 e. The minimum atomic E-state index is 0.526. The van der Waals surface area contributed by atoms with E-state index in [0.29, 0.717) is 5.11 Å². The molecule has 1 aromatic carbocycles. The molecule has 0 saturated heterocycles. The average Bonchev–Trinajstić information content (AvgIpc) is 2.88.